The van der Waals surface area contributed by atoms with Crippen molar-refractivity contribution in [3.63, 3.8) is 0 Å². The van der Waals surface area contributed by atoms with Crippen LogP contribution in [0.5, 0.6) is 0 Å². The Labute approximate surface area is 145 Å². The van der Waals surface area contributed by atoms with Gasteiger partial charge >= 0.3 is 0 Å². The number of amides is 1. The first kappa shape index (κ1) is 15.3. The van der Waals surface area contributed by atoms with Crippen LogP contribution < -0.4 is 4.90 Å². The maximum atomic E-state index is 13.2. The molecule has 1 amide bonds. The van der Waals surface area contributed by atoms with Gasteiger partial charge in [-0.2, -0.15) is 0 Å². The summed E-state index contributed by atoms with van der Waals surface area (Å²) in [4.78, 5) is 16.3. The topological polar surface area (TPSA) is 33.5 Å². The maximum Gasteiger partial charge on any atom is 0.294 e. The summed E-state index contributed by atoms with van der Waals surface area (Å²) in [6, 6.07) is 15.9. The third-order valence-electron chi connectivity index (χ3n) is 4.53. The Kier molecular flexibility index (Phi) is 3.85. The summed E-state index contributed by atoms with van der Waals surface area (Å²) in [5, 5.41) is 1.49. The highest BCUT2D eigenvalue weighted by molar-refractivity contribution is 8.00. The SMILES string of the molecule is Cc1c(C(=O)N2CCC(C)Sc3ccccc32)oc2ccccc12. The molecule has 1 atom stereocenters. The largest absolute Gasteiger partial charge is 0.451 e. The fraction of sp³-hybridized carbons (Fsp3) is 0.250. The molecule has 0 saturated carbocycles. The van der Waals surface area contributed by atoms with E-state index < -0.39 is 0 Å². The number of benzene rings is 2. The number of para-hydroxylation sites is 2. The molecule has 3 nitrogen and oxygen atoms in total. The number of thioether (sulfide) groups is 1. The quantitative estimate of drug-likeness (QED) is 0.606. The van der Waals surface area contributed by atoms with Crippen molar-refractivity contribution in [2.75, 3.05) is 11.4 Å². The van der Waals surface area contributed by atoms with Crippen LogP contribution in [0, 0.1) is 6.92 Å². The number of rotatable bonds is 1. The van der Waals surface area contributed by atoms with Gasteiger partial charge in [0.1, 0.15) is 5.58 Å². The molecule has 1 aromatic heterocycles. The van der Waals surface area contributed by atoms with Gasteiger partial charge in [0.25, 0.3) is 5.91 Å². The van der Waals surface area contributed by atoms with E-state index >= 15 is 0 Å². The van der Waals surface area contributed by atoms with Crippen LogP contribution in [-0.2, 0) is 0 Å². The number of aryl methyl sites for hydroxylation is 1. The van der Waals surface area contributed by atoms with E-state index in [4.69, 9.17) is 4.42 Å². The van der Waals surface area contributed by atoms with Gasteiger partial charge in [0, 0.05) is 27.6 Å². The molecule has 0 saturated heterocycles. The molecule has 0 N–H and O–H groups in total. The van der Waals surface area contributed by atoms with E-state index in [1.54, 1.807) is 0 Å². The summed E-state index contributed by atoms with van der Waals surface area (Å²) in [6.45, 7) is 4.88. The number of fused-ring (bicyclic) bond motifs is 2. The summed E-state index contributed by atoms with van der Waals surface area (Å²) in [7, 11) is 0. The van der Waals surface area contributed by atoms with Crippen molar-refractivity contribution in [2.45, 2.75) is 30.4 Å². The minimum atomic E-state index is -0.0501. The second-order valence-electron chi connectivity index (χ2n) is 6.19. The number of furan rings is 1. The fourth-order valence-electron chi connectivity index (χ4n) is 3.20. The van der Waals surface area contributed by atoms with Gasteiger partial charge in [0.15, 0.2) is 5.76 Å². The van der Waals surface area contributed by atoms with E-state index in [0.29, 0.717) is 17.6 Å². The van der Waals surface area contributed by atoms with Crippen LogP contribution >= 0.6 is 11.8 Å². The van der Waals surface area contributed by atoms with Crippen LogP contribution in [0.2, 0.25) is 0 Å². The normalized spacial score (nSPS) is 17.6. The minimum absolute atomic E-state index is 0.0501. The number of hydrogen-bond donors (Lipinski definition) is 0. The molecule has 2 heterocycles. The Morgan fingerprint density at radius 3 is 2.75 bits per heavy atom. The molecule has 24 heavy (non-hydrogen) atoms. The molecule has 0 radical (unpaired) electrons. The van der Waals surface area contributed by atoms with Gasteiger partial charge in [-0.1, -0.05) is 37.3 Å². The van der Waals surface area contributed by atoms with Crippen LogP contribution in [0.3, 0.4) is 0 Å². The van der Waals surface area contributed by atoms with E-state index in [1.165, 1.54) is 0 Å². The Morgan fingerprint density at radius 1 is 1.17 bits per heavy atom. The lowest BCUT2D eigenvalue weighted by molar-refractivity contribution is 0.0961. The average Bonchev–Trinajstić information content (AvgIpc) is 2.83. The third-order valence-corrected chi connectivity index (χ3v) is 5.76. The monoisotopic (exact) mass is 337 g/mol. The minimum Gasteiger partial charge on any atom is -0.451 e. The van der Waals surface area contributed by atoms with Gasteiger partial charge in [0.2, 0.25) is 0 Å². The molecule has 1 unspecified atom stereocenters. The average molecular weight is 337 g/mol. The molecular formula is C20H19NO2S. The van der Waals surface area contributed by atoms with E-state index in [0.717, 1.165) is 33.5 Å². The smallest absolute Gasteiger partial charge is 0.294 e. The first-order chi connectivity index (χ1) is 11.6. The molecule has 0 fully saturated rings. The zero-order chi connectivity index (χ0) is 16.7. The lowest BCUT2D eigenvalue weighted by Gasteiger charge is -2.21. The summed E-state index contributed by atoms with van der Waals surface area (Å²) in [5.41, 5.74) is 2.67. The molecular weight excluding hydrogens is 318 g/mol. The van der Waals surface area contributed by atoms with Crippen molar-refractivity contribution in [3.05, 3.63) is 59.9 Å². The van der Waals surface area contributed by atoms with E-state index in [9.17, 15) is 4.79 Å². The van der Waals surface area contributed by atoms with Gasteiger partial charge in [0.05, 0.1) is 5.69 Å². The van der Waals surface area contributed by atoms with Crippen LogP contribution in [0.15, 0.2) is 57.8 Å². The van der Waals surface area contributed by atoms with Gasteiger partial charge in [-0.05, 0) is 31.5 Å². The summed E-state index contributed by atoms with van der Waals surface area (Å²) in [6.07, 6.45) is 0.963. The summed E-state index contributed by atoms with van der Waals surface area (Å²) >= 11 is 1.83. The Hall–Kier alpha value is -2.20. The zero-order valence-corrected chi connectivity index (χ0v) is 14.6. The molecule has 3 aromatic rings. The molecule has 4 rings (SSSR count). The second kappa shape index (κ2) is 6.02. The molecule has 2 aromatic carbocycles. The van der Waals surface area contributed by atoms with Crippen molar-refractivity contribution < 1.29 is 9.21 Å². The molecule has 122 valence electrons. The highest BCUT2D eigenvalue weighted by atomic mass is 32.2. The number of nitrogens with zero attached hydrogens (tertiary/aromatic N) is 1. The highest BCUT2D eigenvalue weighted by Gasteiger charge is 2.28. The maximum absolute atomic E-state index is 13.2. The number of anilines is 1. The van der Waals surface area contributed by atoms with Crippen LogP contribution in [0.1, 0.15) is 29.5 Å². The molecule has 4 heteroatoms. The van der Waals surface area contributed by atoms with Crippen LogP contribution in [0.25, 0.3) is 11.0 Å². The van der Waals surface area contributed by atoms with Crippen LogP contribution in [0.4, 0.5) is 5.69 Å². The lowest BCUT2D eigenvalue weighted by Crippen LogP contribution is -2.32. The van der Waals surface area contributed by atoms with E-state index in [2.05, 4.69) is 13.0 Å². The molecule has 1 aliphatic rings. The molecule has 0 bridgehead atoms. The first-order valence-corrected chi connectivity index (χ1v) is 9.09. The van der Waals surface area contributed by atoms with E-state index in [-0.39, 0.29) is 5.91 Å². The van der Waals surface area contributed by atoms with Gasteiger partial charge in [-0.3, -0.25) is 4.79 Å². The predicted octanol–water partition coefficient (Wildman–Crippen LogP) is 5.27. The Balaban J connectivity index is 1.80. The van der Waals surface area contributed by atoms with Gasteiger partial charge in [-0.15, -0.1) is 11.8 Å². The molecule has 0 spiro atoms. The summed E-state index contributed by atoms with van der Waals surface area (Å²) in [5.74, 6) is 0.399. The van der Waals surface area contributed by atoms with Crippen molar-refractivity contribution in [2.24, 2.45) is 0 Å². The zero-order valence-electron chi connectivity index (χ0n) is 13.8. The summed E-state index contributed by atoms with van der Waals surface area (Å²) < 4.78 is 5.90. The van der Waals surface area contributed by atoms with Crippen LogP contribution in [-0.4, -0.2) is 17.7 Å². The van der Waals surface area contributed by atoms with Crippen molar-refractivity contribution >= 4 is 34.3 Å². The standard InChI is InChI=1S/C20H19NO2S/c1-13-11-12-21(16-8-4-6-10-18(16)24-13)20(22)19-14(2)15-7-3-5-9-17(15)23-19/h3-10,13H,11-12H2,1-2H3. The molecule has 1 aliphatic heterocycles. The van der Waals surface area contributed by atoms with Gasteiger partial charge in [-0.25, -0.2) is 0 Å². The first-order valence-electron chi connectivity index (χ1n) is 8.21. The number of hydrogen-bond acceptors (Lipinski definition) is 3. The highest BCUT2D eigenvalue weighted by Crippen LogP contribution is 2.38. The lowest BCUT2D eigenvalue weighted by atomic mass is 10.1. The Bertz CT molecular complexity index is 915. The Morgan fingerprint density at radius 2 is 1.92 bits per heavy atom. The second-order valence-corrected chi connectivity index (χ2v) is 7.67. The fourth-order valence-corrected chi connectivity index (χ4v) is 4.31. The van der Waals surface area contributed by atoms with Crippen molar-refractivity contribution in [1.82, 2.24) is 0 Å². The predicted molar refractivity (Wildman–Crippen MR) is 99.0 cm³/mol. The number of carbonyl (C=O) groups excluding carboxylic acids is 1. The van der Waals surface area contributed by atoms with Gasteiger partial charge < -0.3 is 9.32 Å². The van der Waals surface area contributed by atoms with E-state index in [1.807, 2.05) is 66.1 Å². The third kappa shape index (κ3) is 2.51. The number of carbonyl (C=O) groups is 1. The van der Waals surface area contributed by atoms with Crippen molar-refractivity contribution in [3.8, 4) is 0 Å². The van der Waals surface area contributed by atoms with Crippen molar-refractivity contribution in [1.29, 1.82) is 0 Å². The molecule has 0 aliphatic carbocycles.